The topological polar surface area (TPSA) is 46.9 Å². The largest absolute Gasteiger partial charge is 0.309 e. The van der Waals surface area contributed by atoms with E-state index in [-0.39, 0.29) is 11.8 Å². The Balaban J connectivity index is 1.65. The maximum atomic E-state index is 12.1. The molecule has 2 aliphatic rings. The van der Waals surface area contributed by atoms with E-state index >= 15 is 0 Å². The number of aryl methyl sites for hydroxylation is 1. The van der Waals surface area contributed by atoms with Crippen LogP contribution in [0.2, 0.25) is 0 Å². The Kier molecular flexibility index (Phi) is 2.23. The van der Waals surface area contributed by atoms with E-state index in [1.54, 1.807) is 4.68 Å². The molecule has 1 amide bonds. The van der Waals surface area contributed by atoms with Crippen molar-refractivity contribution in [3.63, 3.8) is 0 Å². The molecule has 3 unspecified atom stereocenters. The van der Waals surface area contributed by atoms with E-state index in [2.05, 4.69) is 10.4 Å². The summed E-state index contributed by atoms with van der Waals surface area (Å²) in [5.74, 6) is 2.53. The molecule has 2 fully saturated rings. The summed E-state index contributed by atoms with van der Waals surface area (Å²) in [6, 6.07) is 1.84. The Labute approximate surface area is 95.0 Å². The molecule has 0 spiro atoms. The van der Waals surface area contributed by atoms with Gasteiger partial charge in [-0.3, -0.25) is 9.48 Å². The predicted octanol–water partition coefficient (Wildman–Crippen LogP) is 1.79. The summed E-state index contributed by atoms with van der Waals surface area (Å²) in [6.45, 7) is 0. The molecule has 1 aromatic heterocycles. The van der Waals surface area contributed by atoms with Gasteiger partial charge in [-0.25, -0.2) is 0 Å². The molecule has 3 rings (SSSR count). The van der Waals surface area contributed by atoms with Crippen LogP contribution in [0, 0.1) is 17.8 Å². The number of fused-ring (bicyclic) bond motifs is 2. The van der Waals surface area contributed by atoms with Crippen LogP contribution >= 0.6 is 0 Å². The van der Waals surface area contributed by atoms with Crippen molar-refractivity contribution in [3.05, 3.63) is 12.3 Å². The fourth-order valence-electron chi connectivity index (χ4n) is 3.27. The lowest BCUT2D eigenvalue weighted by molar-refractivity contribution is -0.121. The summed E-state index contributed by atoms with van der Waals surface area (Å²) < 4.78 is 1.70. The third kappa shape index (κ3) is 1.62. The van der Waals surface area contributed by atoms with Crippen LogP contribution in [0.15, 0.2) is 12.3 Å². The normalized spacial score (nSPS) is 31.9. The number of nitrogens with one attached hydrogen (secondary N) is 1. The molecule has 0 aromatic carbocycles. The molecule has 0 saturated heterocycles. The minimum absolute atomic E-state index is 0.172. The lowest BCUT2D eigenvalue weighted by Gasteiger charge is -2.19. The smallest absolute Gasteiger partial charge is 0.228 e. The summed E-state index contributed by atoms with van der Waals surface area (Å²) in [7, 11) is 1.85. The number of nitrogens with zero attached hydrogens (tertiary/aromatic N) is 2. The third-order valence-corrected chi connectivity index (χ3v) is 4.04. The molecule has 2 aliphatic carbocycles. The highest BCUT2D eigenvalue weighted by molar-refractivity contribution is 5.92. The second-order valence-corrected chi connectivity index (χ2v) is 5.15. The molecule has 0 aliphatic heterocycles. The van der Waals surface area contributed by atoms with Crippen molar-refractivity contribution in [3.8, 4) is 0 Å². The van der Waals surface area contributed by atoms with Gasteiger partial charge < -0.3 is 5.32 Å². The highest BCUT2D eigenvalue weighted by Crippen LogP contribution is 2.48. The monoisotopic (exact) mass is 219 g/mol. The molecule has 0 radical (unpaired) electrons. The van der Waals surface area contributed by atoms with Gasteiger partial charge in [0.1, 0.15) is 0 Å². The average molecular weight is 219 g/mol. The first kappa shape index (κ1) is 9.87. The molecule has 86 valence electrons. The van der Waals surface area contributed by atoms with Crippen LogP contribution in [0.25, 0.3) is 0 Å². The summed E-state index contributed by atoms with van der Waals surface area (Å²) in [5, 5.41) is 7.09. The zero-order valence-corrected chi connectivity index (χ0v) is 9.52. The van der Waals surface area contributed by atoms with Gasteiger partial charge in [0, 0.05) is 25.2 Å². The standard InChI is InChI=1S/C12H17N3O/c1-15-5-4-11(14-15)13-12(16)10-7-8-2-3-9(10)6-8/h4-5,8-10H,2-3,6-7H2,1H3,(H,13,14,16). The SMILES string of the molecule is Cn1ccc(NC(=O)C2CC3CCC2C3)n1. The van der Waals surface area contributed by atoms with E-state index in [4.69, 9.17) is 0 Å². The van der Waals surface area contributed by atoms with Gasteiger partial charge in [-0.1, -0.05) is 6.42 Å². The fourth-order valence-corrected chi connectivity index (χ4v) is 3.27. The number of aromatic nitrogens is 2. The molecule has 4 nitrogen and oxygen atoms in total. The summed E-state index contributed by atoms with van der Waals surface area (Å²) in [5.41, 5.74) is 0. The van der Waals surface area contributed by atoms with Crippen LogP contribution in [0.1, 0.15) is 25.7 Å². The van der Waals surface area contributed by atoms with E-state index in [0.29, 0.717) is 11.7 Å². The Morgan fingerprint density at radius 1 is 1.50 bits per heavy atom. The number of carbonyl (C=O) groups is 1. The van der Waals surface area contributed by atoms with E-state index in [1.807, 2.05) is 19.3 Å². The highest BCUT2D eigenvalue weighted by atomic mass is 16.2. The molecule has 1 aromatic rings. The number of hydrogen-bond acceptors (Lipinski definition) is 2. The van der Waals surface area contributed by atoms with Gasteiger partial charge in [-0.05, 0) is 31.1 Å². The number of carbonyl (C=O) groups excluding carboxylic acids is 1. The molecule has 3 atom stereocenters. The number of hydrogen-bond donors (Lipinski definition) is 1. The highest BCUT2D eigenvalue weighted by Gasteiger charge is 2.43. The molecule has 2 saturated carbocycles. The second-order valence-electron chi connectivity index (χ2n) is 5.15. The van der Waals surface area contributed by atoms with Gasteiger partial charge in [0.15, 0.2) is 5.82 Å². The van der Waals surface area contributed by atoms with Gasteiger partial charge >= 0.3 is 0 Å². The van der Waals surface area contributed by atoms with Gasteiger partial charge in [0.25, 0.3) is 0 Å². The molecule has 16 heavy (non-hydrogen) atoms. The molecule has 4 heteroatoms. The number of rotatable bonds is 2. The maximum Gasteiger partial charge on any atom is 0.228 e. The summed E-state index contributed by atoms with van der Waals surface area (Å²) in [6.07, 6.45) is 6.77. The van der Waals surface area contributed by atoms with Crippen LogP contribution in [-0.2, 0) is 11.8 Å². The Morgan fingerprint density at radius 2 is 2.38 bits per heavy atom. The minimum Gasteiger partial charge on any atom is -0.309 e. The Hall–Kier alpha value is -1.32. The first-order valence-electron chi connectivity index (χ1n) is 6.03. The van der Waals surface area contributed by atoms with Crippen LogP contribution < -0.4 is 5.32 Å². The van der Waals surface area contributed by atoms with Crippen LogP contribution in [0.5, 0.6) is 0 Å². The van der Waals surface area contributed by atoms with E-state index in [9.17, 15) is 4.79 Å². The van der Waals surface area contributed by atoms with Crippen molar-refractivity contribution in [1.29, 1.82) is 0 Å². The summed E-state index contributed by atoms with van der Waals surface area (Å²) in [4.78, 5) is 12.1. The van der Waals surface area contributed by atoms with Crippen molar-refractivity contribution in [2.24, 2.45) is 24.8 Å². The lowest BCUT2D eigenvalue weighted by Crippen LogP contribution is -2.27. The minimum atomic E-state index is 0.172. The number of anilines is 1. The zero-order chi connectivity index (χ0) is 11.1. The fraction of sp³-hybridized carbons (Fsp3) is 0.667. The van der Waals surface area contributed by atoms with Gasteiger partial charge in [-0.15, -0.1) is 0 Å². The zero-order valence-electron chi connectivity index (χ0n) is 9.52. The molecule has 1 heterocycles. The lowest BCUT2D eigenvalue weighted by atomic mass is 9.88. The third-order valence-electron chi connectivity index (χ3n) is 4.04. The van der Waals surface area contributed by atoms with Crippen molar-refractivity contribution in [2.45, 2.75) is 25.7 Å². The van der Waals surface area contributed by atoms with Crippen molar-refractivity contribution in [2.75, 3.05) is 5.32 Å². The van der Waals surface area contributed by atoms with Crippen LogP contribution in [0.4, 0.5) is 5.82 Å². The van der Waals surface area contributed by atoms with E-state index < -0.39 is 0 Å². The van der Waals surface area contributed by atoms with E-state index in [0.717, 1.165) is 12.3 Å². The second kappa shape index (κ2) is 3.61. The molecular weight excluding hydrogens is 202 g/mol. The van der Waals surface area contributed by atoms with Gasteiger partial charge in [0.2, 0.25) is 5.91 Å². The molecule has 1 N–H and O–H groups in total. The van der Waals surface area contributed by atoms with Gasteiger partial charge in [0.05, 0.1) is 0 Å². The first-order chi connectivity index (χ1) is 7.72. The van der Waals surface area contributed by atoms with Crippen LogP contribution in [0.3, 0.4) is 0 Å². The van der Waals surface area contributed by atoms with Crippen molar-refractivity contribution >= 4 is 11.7 Å². The van der Waals surface area contributed by atoms with Gasteiger partial charge in [-0.2, -0.15) is 5.10 Å². The Bertz CT molecular complexity index is 412. The Morgan fingerprint density at radius 3 is 2.94 bits per heavy atom. The quantitative estimate of drug-likeness (QED) is 0.824. The predicted molar refractivity (Wildman–Crippen MR) is 60.8 cm³/mol. The number of amides is 1. The molecule has 2 bridgehead atoms. The molecular formula is C12H17N3O. The van der Waals surface area contributed by atoms with Crippen molar-refractivity contribution < 1.29 is 4.79 Å². The van der Waals surface area contributed by atoms with Crippen LogP contribution in [-0.4, -0.2) is 15.7 Å². The van der Waals surface area contributed by atoms with Crippen molar-refractivity contribution in [1.82, 2.24) is 9.78 Å². The van der Waals surface area contributed by atoms with E-state index in [1.165, 1.54) is 19.3 Å². The first-order valence-corrected chi connectivity index (χ1v) is 6.03. The summed E-state index contributed by atoms with van der Waals surface area (Å²) >= 11 is 0. The maximum absolute atomic E-state index is 12.1. The average Bonchev–Trinajstić information content (AvgIpc) is 2.93.